The molecule has 0 aliphatic heterocycles. The number of phenols is 1. The maximum atomic E-state index is 11.7. The van der Waals surface area contributed by atoms with E-state index in [1.807, 2.05) is 38.1 Å². The number of benzene rings is 2. The Morgan fingerprint density at radius 1 is 1.12 bits per heavy atom. The minimum atomic E-state index is -0.723. The molecule has 0 radical (unpaired) electrons. The quantitative estimate of drug-likeness (QED) is 0.175. The minimum Gasteiger partial charge on any atom is -0.507 e. The van der Waals surface area contributed by atoms with E-state index in [0.29, 0.717) is 29.9 Å². The number of carbonyl (C=O) groups is 2. The molecule has 0 amide bonds. The highest BCUT2D eigenvalue weighted by Crippen LogP contribution is 2.33. The molecule has 0 spiro atoms. The highest BCUT2D eigenvalue weighted by molar-refractivity contribution is 7.99. The molecule has 2 atom stereocenters. The molecular formula is C26H34O6S. The normalized spacial score (nSPS) is 12.8. The molecule has 180 valence electrons. The van der Waals surface area contributed by atoms with Crippen LogP contribution in [0.4, 0.5) is 0 Å². The van der Waals surface area contributed by atoms with Gasteiger partial charge < -0.3 is 19.7 Å². The van der Waals surface area contributed by atoms with Crippen molar-refractivity contribution in [3.63, 3.8) is 0 Å². The Morgan fingerprint density at radius 2 is 1.82 bits per heavy atom. The summed E-state index contributed by atoms with van der Waals surface area (Å²) < 4.78 is 10.6. The maximum Gasteiger partial charge on any atom is 0.305 e. The Kier molecular flexibility index (Phi) is 10.7. The van der Waals surface area contributed by atoms with Crippen LogP contribution in [0.2, 0.25) is 0 Å². The number of rotatable bonds is 13. The molecule has 0 aliphatic carbocycles. The zero-order valence-electron chi connectivity index (χ0n) is 19.8. The second kappa shape index (κ2) is 13.3. The van der Waals surface area contributed by atoms with Crippen LogP contribution in [0.3, 0.4) is 0 Å². The number of aliphatic hydroxyl groups excluding tert-OH is 1. The standard InChI is InChI=1S/C26H34O6S/c1-5-7-22-23(13-12-21(18(3)27)26(22)30)32-14-6-15-33-20-10-8-19(9-11-20)25(29)17(2)16-24(28)31-4/h8-13,17,25,29-30H,5-7,14-16H2,1-4H3. The summed E-state index contributed by atoms with van der Waals surface area (Å²) >= 11 is 1.69. The molecule has 0 heterocycles. The van der Waals surface area contributed by atoms with Gasteiger partial charge in [0.15, 0.2) is 5.78 Å². The average Bonchev–Trinajstić information content (AvgIpc) is 2.80. The van der Waals surface area contributed by atoms with Gasteiger partial charge in [-0.3, -0.25) is 9.59 Å². The van der Waals surface area contributed by atoms with Crippen molar-refractivity contribution in [2.75, 3.05) is 19.5 Å². The van der Waals surface area contributed by atoms with Gasteiger partial charge in [-0.25, -0.2) is 0 Å². The SMILES string of the molecule is CCCc1c(OCCCSc2ccc(C(O)C(C)CC(=O)OC)cc2)ccc(C(C)=O)c1O. The molecule has 6 nitrogen and oxygen atoms in total. The number of aromatic hydroxyl groups is 1. The van der Waals surface area contributed by atoms with E-state index in [1.165, 1.54) is 14.0 Å². The molecule has 2 rings (SSSR count). The van der Waals surface area contributed by atoms with E-state index < -0.39 is 6.10 Å². The van der Waals surface area contributed by atoms with Crippen molar-refractivity contribution in [1.82, 2.24) is 0 Å². The van der Waals surface area contributed by atoms with Crippen LogP contribution in [0.5, 0.6) is 11.5 Å². The lowest BCUT2D eigenvalue weighted by Crippen LogP contribution is -2.14. The zero-order chi connectivity index (χ0) is 24.4. The molecular weight excluding hydrogens is 440 g/mol. The highest BCUT2D eigenvalue weighted by atomic mass is 32.2. The third-order valence-corrected chi connectivity index (χ3v) is 6.51. The molecule has 0 aliphatic rings. The van der Waals surface area contributed by atoms with Crippen molar-refractivity contribution in [3.05, 3.63) is 53.1 Å². The largest absolute Gasteiger partial charge is 0.507 e. The first-order chi connectivity index (χ1) is 15.8. The third-order valence-electron chi connectivity index (χ3n) is 5.41. The molecule has 33 heavy (non-hydrogen) atoms. The summed E-state index contributed by atoms with van der Waals surface area (Å²) in [7, 11) is 1.34. The second-order valence-corrected chi connectivity index (χ2v) is 9.23. The molecule has 0 aromatic heterocycles. The summed E-state index contributed by atoms with van der Waals surface area (Å²) in [5, 5.41) is 20.9. The Balaban J connectivity index is 1.84. The molecule has 2 unspecified atom stereocenters. The van der Waals surface area contributed by atoms with E-state index >= 15 is 0 Å². The highest BCUT2D eigenvalue weighted by Gasteiger charge is 2.20. The van der Waals surface area contributed by atoms with Crippen LogP contribution in [-0.4, -0.2) is 41.4 Å². The Hall–Kier alpha value is -2.51. The van der Waals surface area contributed by atoms with E-state index in [9.17, 15) is 19.8 Å². The van der Waals surface area contributed by atoms with Crippen molar-refractivity contribution in [2.45, 2.75) is 57.5 Å². The lowest BCUT2D eigenvalue weighted by atomic mass is 9.95. The number of carbonyl (C=O) groups excluding carboxylic acids is 2. The second-order valence-electron chi connectivity index (χ2n) is 8.07. The van der Waals surface area contributed by atoms with Crippen molar-refractivity contribution in [3.8, 4) is 11.5 Å². The fraction of sp³-hybridized carbons (Fsp3) is 0.462. The number of phenolic OH excluding ortho intramolecular Hbond substituents is 1. The fourth-order valence-corrected chi connectivity index (χ4v) is 4.33. The van der Waals surface area contributed by atoms with Crippen LogP contribution in [0.15, 0.2) is 41.3 Å². The number of hydrogen-bond donors (Lipinski definition) is 2. The number of aliphatic hydroxyl groups is 1. The third kappa shape index (κ3) is 7.79. The number of ketones is 1. The van der Waals surface area contributed by atoms with Crippen LogP contribution in [0.25, 0.3) is 0 Å². The molecule has 2 N–H and O–H groups in total. The number of methoxy groups -OCH3 is 1. The van der Waals surface area contributed by atoms with Gasteiger partial charge in [-0.05, 0) is 55.5 Å². The maximum absolute atomic E-state index is 11.7. The summed E-state index contributed by atoms with van der Waals surface area (Å²) in [6, 6.07) is 11.1. The summed E-state index contributed by atoms with van der Waals surface area (Å²) in [5.74, 6) is 0.784. The van der Waals surface area contributed by atoms with Crippen LogP contribution in [0.1, 0.15) is 67.6 Å². The predicted octanol–water partition coefficient (Wildman–Crippen LogP) is 5.34. The van der Waals surface area contributed by atoms with E-state index in [-0.39, 0.29) is 29.8 Å². The smallest absolute Gasteiger partial charge is 0.305 e. The fourth-order valence-electron chi connectivity index (χ4n) is 3.51. The molecule has 0 saturated heterocycles. The summed E-state index contributed by atoms with van der Waals surface area (Å²) in [5.41, 5.74) is 1.79. The minimum absolute atomic E-state index is 0.0272. The molecule has 0 fully saturated rings. The van der Waals surface area contributed by atoms with Gasteiger partial charge in [0.1, 0.15) is 11.5 Å². The van der Waals surface area contributed by atoms with Gasteiger partial charge in [0.05, 0.1) is 31.8 Å². The summed E-state index contributed by atoms with van der Waals surface area (Å²) in [6.07, 6.45) is 1.75. The first-order valence-corrected chi connectivity index (χ1v) is 12.2. The molecule has 2 aromatic carbocycles. The Morgan fingerprint density at radius 3 is 2.42 bits per heavy atom. The van der Waals surface area contributed by atoms with Gasteiger partial charge in [-0.1, -0.05) is 32.4 Å². The molecule has 0 saturated carbocycles. The number of hydrogen-bond acceptors (Lipinski definition) is 7. The van der Waals surface area contributed by atoms with E-state index in [1.54, 1.807) is 23.9 Å². The number of thioether (sulfide) groups is 1. The summed E-state index contributed by atoms with van der Waals surface area (Å²) in [4.78, 5) is 24.2. The Labute approximate surface area is 200 Å². The number of esters is 1. The van der Waals surface area contributed by atoms with E-state index in [4.69, 9.17) is 4.74 Å². The van der Waals surface area contributed by atoms with Crippen molar-refractivity contribution in [2.24, 2.45) is 5.92 Å². The monoisotopic (exact) mass is 474 g/mol. The van der Waals surface area contributed by atoms with Gasteiger partial charge in [0, 0.05) is 16.2 Å². The molecule has 0 bridgehead atoms. The lowest BCUT2D eigenvalue weighted by molar-refractivity contribution is -0.142. The molecule has 7 heteroatoms. The number of ether oxygens (including phenoxy) is 2. The van der Waals surface area contributed by atoms with Crippen LogP contribution in [0, 0.1) is 5.92 Å². The number of Topliss-reactive ketones (excluding diaryl/α,β-unsaturated/α-hetero) is 1. The van der Waals surface area contributed by atoms with Crippen molar-refractivity contribution < 1.29 is 29.3 Å². The van der Waals surface area contributed by atoms with Crippen LogP contribution >= 0.6 is 11.8 Å². The lowest BCUT2D eigenvalue weighted by Gasteiger charge is -2.18. The average molecular weight is 475 g/mol. The predicted molar refractivity (Wildman–Crippen MR) is 130 cm³/mol. The van der Waals surface area contributed by atoms with E-state index in [2.05, 4.69) is 4.74 Å². The van der Waals surface area contributed by atoms with Gasteiger partial charge >= 0.3 is 5.97 Å². The topological polar surface area (TPSA) is 93.1 Å². The van der Waals surface area contributed by atoms with E-state index in [0.717, 1.165) is 29.1 Å². The Bertz CT molecular complexity index is 925. The van der Waals surface area contributed by atoms with Crippen LogP contribution < -0.4 is 4.74 Å². The first kappa shape index (κ1) is 26.7. The van der Waals surface area contributed by atoms with Gasteiger partial charge in [0.25, 0.3) is 0 Å². The summed E-state index contributed by atoms with van der Waals surface area (Å²) in [6.45, 7) is 5.79. The van der Waals surface area contributed by atoms with Crippen LogP contribution in [-0.2, 0) is 16.0 Å². The first-order valence-electron chi connectivity index (χ1n) is 11.2. The van der Waals surface area contributed by atoms with Crippen molar-refractivity contribution in [1.29, 1.82) is 0 Å². The van der Waals surface area contributed by atoms with Gasteiger partial charge in [-0.2, -0.15) is 0 Å². The van der Waals surface area contributed by atoms with Gasteiger partial charge in [0.2, 0.25) is 0 Å². The van der Waals surface area contributed by atoms with Gasteiger partial charge in [-0.15, -0.1) is 11.8 Å². The molecule has 2 aromatic rings. The van der Waals surface area contributed by atoms with Crippen molar-refractivity contribution >= 4 is 23.5 Å². The zero-order valence-corrected chi connectivity index (χ0v) is 20.6.